The van der Waals surface area contributed by atoms with Crippen molar-refractivity contribution in [1.29, 1.82) is 0 Å². The van der Waals surface area contributed by atoms with Gasteiger partial charge in [0.25, 0.3) is 0 Å². The molecule has 1 aromatic rings. The van der Waals surface area contributed by atoms with Crippen LogP contribution in [0.15, 0.2) is 18.2 Å². The quantitative estimate of drug-likeness (QED) is 0.841. The predicted octanol–water partition coefficient (Wildman–Crippen LogP) is 2.67. The Labute approximate surface area is 104 Å². The summed E-state index contributed by atoms with van der Waals surface area (Å²) in [5.74, 6) is -1.24. The largest absolute Gasteiger partial charge is 0.419 e. The fourth-order valence-electron chi connectivity index (χ4n) is 1.71. The Morgan fingerprint density at radius 2 is 1.89 bits per heavy atom. The van der Waals surface area contributed by atoms with E-state index in [0.717, 1.165) is 12.1 Å². The van der Waals surface area contributed by atoms with E-state index < -0.39 is 17.6 Å². The molecule has 1 unspecified atom stereocenters. The second-order valence-electron chi connectivity index (χ2n) is 4.34. The fourth-order valence-corrected chi connectivity index (χ4v) is 1.71. The van der Waals surface area contributed by atoms with E-state index in [-0.39, 0.29) is 6.04 Å². The molecule has 1 atom stereocenters. The van der Waals surface area contributed by atoms with E-state index in [0.29, 0.717) is 12.1 Å². The van der Waals surface area contributed by atoms with E-state index in [2.05, 4.69) is 5.32 Å². The van der Waals surface area contributed by atoms with Gasteiger partial charge in [0.15, 0.2) is 0 Å². The molecule has 1 N–H and O–H groups in total. The number of nitrogens with zero attached hydrogens (tertiary/aromatic N) is 1. The Morgan fingerprint density at radius 1 is 1.28 bits per heavy atom. The normalized spacial score (nSPS) is 14.0. The van der Waals surface area contributed by atoms with Gasteiger partial charge in [-0.15, -0.1) is 0 Å². The van der Waals surface area contributed by atoms with Crippen molar-refractivity contribution >= 4 is 0 Å². The number of hydrogen-bond donors (Lipinski definition) is 1. The zero-order valence-corrected chi connectivity index (χ0v) is 10.5. The Hall–Kier alpha value is -1.14. The molecule has 0 aliphatic carbocycles. The molecule has 1 aromatic carbocycles. The lowest BCUT2D eigenvalue weighted by Gasteiger charge is -2.21. The third-order valence-corrected chi connectivity index (χ3v) is 2.60. The maximum absolute atomic E-state index is 13.4. The fraction of sp³-hybridized carbons (Fsp3) is 0.500. The first kappa shape index (κ1) is 14.9. The second-order valence-corrected chi connectivity index (χ2v) is 4.34. The Bertz CT molecular complexity index is 402. The molecule has 0 bridgehead atoms. The van der Waals surface area contributed by atoms with E-state index in [1.54, 1.807) is 7.05 Å². The van der Waals surface area contributed by atoms with Crippen LogP contribution in [0, 0.1) is 5.82 Å². The van der Waals surface area contributed by atoms with Crippen LogP contribution in [0.2, 0.25) is 0 Å². The number of likely N-dealkylation sites (N-methyl/N-ethyl adjacent to an activating group) is 2. The smallest absolute Gasteiger partial charge is 0.312 e. The van der Waals surface area contributed by atoms with E-state index in [9.17, 15) is 17.6 Å². The number of alkyl halides is 3. The molecule has 0 fully saturated rings. The Balaban J connectivity index is 3.02. The molecule has 102 valence electrons. The molecule has 6 heteroatoms. The Kier molecular flexibility index (Phi) is 4.70. The molecule has 0 aliphatic heterocycles. The van der Waals surface area contributed by atoms with Crippen molar-refractivity contribution in [2.24, 2.45) is 0 Å². The summed E-state index contributed by atoms with van der Waals surface area (Å²) >= 11 is 0. The number of hydrogen-bond acceptors (Lipinski definition) is 2. The first-order chi connectivity index (χ1) is 8.25. The summed E-state index contributed by atoms with van der Waals surface area (Å²) in [5.41, 5.74) is -0.734. The van der Waals surface area contributed by atoms with Crippen LogP contribution in [0.1, 0.15) is 17.2 Å². The van der Waals surface area contributed by atoms with E-state index in [4.69, 9.17) is 0 Å². The highest BCUT2D eigenvalue weighted by Crippen LogP contribution is 2.32. The lowest BCUT2D eigenvalue weighted by molar-refractivity contribution is -0.140. The van der Waals surface area contributed by atoms with Crippen molar-refractivity contribution in [2.75, 3.05) is 27.7 Å². The van der Waals surface area contributed by atoms with Crippen LogP contribution >= 0.6 is 0 Å². The predicted molar refractivity (Wildman–Crippen MR) is 61.8 cm³/mol. The van der Waals surface area contributed by atoms with Gasteiger partial charge in [0, 0.05) is 12.6 Å². The van der Waals surface area contributed by atoms with Gasteiger partial charge >= 0.3 is 6.18 Å². The summed E-state index contributed by atoms with van der Waals surface area (Å²) in [6.45, 7) is 0.571. The molecule has 0 aromatic heterocycles. The molecule has 2 nitrogen and oxygen atoms in total. The SMILES string of the molecule is CNC(CN(C)C)c1ccc(C(F)(F)F)c(F)c1. The average Bonchev–Trinajstić information content (AvgIpc) is 2.23. The molecule has 0 saturated carbocycles. The molecule has 0 radical (unpaired) electrons. The lowest BCUT2D eigenvalue weighted by atomic mass is 10.0. The summed E-state index contributed by atoms with van der Waals surface area (Å²) in [6, 6.07) is 2.81. The van der Waals surface area contributed by atoms with Gasteiger partial charge in [0.2, 0.25) is 0 Å². The summed E-state index contributed by atoms with van der Waals surface area (Å²) in [5, 5.41) is 2.95. The van der Waals surface area contributed by atoms with Gasteiger partial charge in [-0.2, -0.15) is 13.2 Å². The first-order valence-corrected chi connectivity index (χ1v) is 5.44. The second kappa shape index (κ2) is 5.67. The monoisotopic (exact) mass is 264 g/mol. The maximum atomic E-state index is 13.4. The van der Waals surface area contributed by atoms with Crippen LogP contribution < -0.4 is 5.32 Å². The topological polar surface area (TPSA) is 15.3 Å². The molecular weight excluding hydrogens is 248 g/mol. The van der Waals surface area contributed by atoms with Gasteiger partial charge in [0.05, 0.1) is 5.56 Å². The molecule has 0 aliphatic rings. The van der Waals surface area contributed by atoms with Crippen LogP contribution in [0.3, 0.4) is 0 Å². The molecule has 0 heterocycles. The van der Waals surface area contributed by atoms with Crippen LogP contribution in [0.25, 0.3) is 0 Å². The van der Waals surface area contributed by atoms with Gasteiger partial charge in [0.1, 0.15) is 5.82 Å². The third-order valence-electron chi connectivity index (χ3n) is 2.60. The van der Waals surface area contributed by atoms with Crippen LogP contribution in [-0.2, 0) is 6.18 Å². The lowest BCUT2D eigenvalue weighted by Crippen LogP contribution is -2.29. The zero-order chi connectivity index (χ0) is 13.9. The summed E-state index contributed by atoms with van der Waals surface area (Å²) in [6.07, 6.45) is -4.65. The molecular formula is C12H16F4N2. The van der Waals surface area contributed by atoms with Crippen LogP contribution in [-0.4, -0.2) is 32.6 Å². The van der Waals surface area contributed by atoms with Gasteiger partial charge in [-0.05, 0) is 38.8 Å². The zero-order valence-electron chi connectivity index (χ0n) is 10.5. The summed E-state index contributed by atoms with van der Waals surface area (Å²) in [4.78, 5) is 1.87. The van der Waals surface area contributed by atoms with E-state index in [1.165, 1.54) is 6.07 Å². The maximum Gasteiger partial charge on any atom is 0.419 e. The molecule has 1 rings (SSSR count). The van der Waals surface area contributed by atoms with Crippen LogP contribution in [0.4, 0.5) is 17.6 Å². The number of rotatable bonds is 4. The average molecular weight is 264 g/mol. The number of benzene rings is 1. The van der Waals surface area contributed by atoms with E-state index >= 15 is 0 Å². The van der Waals surface area contributed by atoms with Crippen molar-refractivity contribution in [3.05, 3.63) is 35.1 Å². The number of nitrogens with one attached hydrogen (secondary N) is 1. The van der Waals surface area contributed by atoms with Gasteiger partial charge in [-0.3, -0.25) is 0 Å². The standard InChI is InChI=1S/C12H16F4N2/c1-17-11(7-18(2)3)8-4-5-9(10(13)6-8)12(14,15)16/h4-6,11,17H,7H2,1-3H3. The van der Waals surface area contributed by atoms with Crippen molar-refractivity contribution in [2.45, 2.75) is 12.2 Å². The highest BCUT2D eigenvalue weighted by atomic mass is 19.4. The highest BCUT2D eigenvalue weighted by Gasteiger charge is 2.34. The molecule has 0 saturated heterocycles. The van der Waals surface area contributed by atoms with Crippen LogP contribution in [0.5, 0.6) is 0 Å². The molecule has 0 amide bonds. The summed E-state index contributed by atoms with van der Waals surface area (Å²) in [7, 11) is 5.36. The highest BCUT2D eigenvalue weighted by molar-refractivity contribution is 5.28. The Morgan fingerprint density at radius 3 is 2.28 bits per heavy atom. The number of halogens is 4. The van der Waals surface area contributed by atoms with Crippen molar-refractivity contribution in [1.82, 2.24) is 10.2 Å². The van der Waals surface area contributed by atoms with Gasteiger partial charge < -0.3 is 10.2 Å². The van der Waals surface area contributed by atoms with Crippen molar-refractivity contribution < 1.29 is 17.6 Å². The first-order valence-electron chi connectivity index (χ1n) is 5.44. The van der Waals surface area contributed by atoms with E-state index in [1.807, 2.05) is 19.0 Å². The minimum Gasteiger partial charge on any atom is -0.312 e. The summed E-state index contributed by atoms with van der Waals surface area (Å²) < 4.78 is 50.6. The third kappa shape index (κ3) is 3.68. The van der Waals surface area contributed by atoms with Crippen molar-refractivity contribution in [3.8, 4) is 0 Å². The van der Waals surface area contributed by atoms with Crippen molar-refractivity contribution in [3.63, 3.8) is 0 Å². The molecule has 0 spiro atoms. The van der Waals surface area contributed by atoms with Gasteiger partial charge in [-0.25, -0.2) is 4.39 Å². The molecule has 18 heavy (non-hydrogen) atoms. The minimum absolute atomic E-state index is 0.211. The van der Waals surface area contributed by atoms with Gasteiger partial charge in [-0.1, -0.05) is 6.07 Å². The minimum atomic E-state index is -4.65.